The molecule has 0 saturated carbocycles. The van der Waals surface area contributed by atoms with Gasteiger partial charge in [0.2, 0.25) is 15.9 Å². The second-order valence-corrected chi connectivity index (χ2v) is 11.7. The van der Waals surface area contributed by atoms with E-state index in [1.54, 1.807) is 42.1 Å². The molecule has 12 heteroatoms. The monoisotopic (exact) mass is 562 g/mol. The topological polar surface area (TPSA) is 130 Å². The number of nitrogens with one attached hydrogen (secondary N) is 3. The van der Waals surface area contributed by atoms with Crippen LogP contribution in [0.15, 0.2) is 71.6 Å². The fourth-order valence-corrected chi connectivity index (χ4v) is 6.10. The Hall–Kier alpha value is -3.12. The third-order valence-corrected chi connectivity index (χ3v) is 8.16. The van der Waals surface area contributed by atoms with E-state index in [4.69, 9.17) is 16.7 Å². The number of anilines is 2. The van der Waals surface area contributed by atoms with E-state index in [2.05, 4.69) is 16.0 Å². The normalized spacial score (nSPS) is 15.0. The molecule has 194 valence electrons. The van der Waals surface area contributed by atoms with E-state index in [1.165, 1.54) is 30.3 Å². The van der Waals surface area contributed by atoms with Gasteiger partial charge in [-0.05, 0) is 72.4 Å². The molecule has 0 aliphatic carbocycles. The SMILES string of the molecule is NS(=O)(=O)c1ccccc1-c1ccc(NC(=O)C2(NC(=O)Nc3ccc(Cl)cc3)CCSCC2)c(F)c1. The summed E-state index contributed by atoms with van der Waals surface area (Å²) in [7, 11) is -4.03. The summed E-state index contributed by atoms with van der Waals surface area (Å²) in [4.78, 5) is 26.0. The smallest absolute Gasteiger partial charge is 0.320 e. The van der Waals surface area contributed by atoms with Crippen molar-refractivity contribution in [3.05, 3.63) is 77.6 Å². The fraction of sp³-hybridized carbons (Fsp3) is 0.200. The Bertz CT molecular complexity index is 1430. The Labute approximate surface area is 223 Å². The van der Waals surface area contributed by atoms with Gasteiger partial charge in [0, 0.05) is 16.3 Å². The molecule has 4 rings (SSSR count). The molecule has 3 amide bonds. The molecule has 3 aromatic rings. The number of hydrogen-bond donors (Lipinski definition) is 4. The minimum atomic E-state index is -4.03. The van der Waals surface area contributed by atoms with Crippen LogP contribution in [0.2, 0.25) is 5.02 Å². The lowest BCUT2D eigenvalue weighted by atomic mass is 9.91. The van der Waals surface area contributed by atoms with Gasteiger partial charge in [-0.15, -0.1) is 0 Å². The first-order valence-corrected chi connectivity index (χ1v) is 14.3. The number of carbonyl (C=O) groups is 2. The summed E-state index contributed by atoms with van der Waals surface area (Å²) < 4.78 is 39.0. The quantitative estimate of drug-likeness (QED) is 0.342. The van der Waals surface area contributed by atoms with Crippen molar-refractivity contribution in [3.8, 4) is 11.1 Å². The van der Waals surface area contributed by atoms with Gasteiger partial charge < -0.3 is 16.0 Å². The summed E-state index contributed by atoms with van der Waals surface area (Å²) in [6, 6.07) is 15.9. The highest BCUT2D eigenvalue weighted by Crippen LogP contribution is 2.32. The lowest BCUT2D eigenvalue weighted by Crippen LogP contribution is -2.59. The van der Waals surface area contributed by atoms with Gasteiger partial charge in [0.25, 0.3) is 0 Å². The molecule has 1 heterocycles. The zero-order valence-electron chi connectivity index (χ0n) is 19.5. The number of nitrogens with two attached hydrogens (primary N) is 1. The Balaban J connectivity index is 1.54. The molecule has 0 aromatic heterocycles. The number of benzene rings is 3. The largest absolute Gasteiger partial charge is 0.323 e. The molecule has 0 radical (unpaired) electrons. The highest BCUT2D eigenvalue weighted by atomic mass is 35.5. The van der Waals surface area contributed by atoms with Gasteiger partial charge in [0.15, 0.2) is 0 Å². The van der Waals surface area contributed by atoms with Crippen LogP contribution in [0.3, 0.4) is 0 Å². The van der Waals surface area contributed by atoms with Crippen molar-refractivity contribution >= 4 is 56.7 Å². The van der Waals surface area contributed by atoms with E-state index in [0.717, 1.165) is 6.07 Å². The zero-order chi connectivity index (χ0) is 26.6. The van der Waals surface area contributed by atoms with Crippen molar-refractivity contribution in [2.24, 2.45) is 5.14 Å². The van der Waals surface area contributed by atoms with Gasteiger partial charge in [0.1, 0.15) is 11.4 Å². The third kappa shape index (κ3) is 6.42. The van der Waals surface area contributed by atoms with Gasteiger partial charge in [-0.3, -0.25) is 4.79 Å². The molecular weight excluding hydrogens is 539 g/mol. The van der Waals surface area contributed by atoms with Crippen molar-refractivity contribution in [3.63, 3.8) is 0 Å². The van der Waals surface area contributed by atoms with Crippen LogP contribution in [-0.4, -0.2) is 37.4 Å². The fourth-order valence-electron chi connectivity index (χ4n) is 4.02. The molecule has 1 aliphatic rings. The summed E-state index contributed by atoms with van der Waals surface area (Å²) in [6.07, 6.45) is 0.720. The van der Waals surface area contributed by atoms with Crippen LogP contribution in [0, 0.1) is 5.82 Å². The second-order valence-electron chi connectivity index (χ2n) is 8.47. The highest BCUT2D eigenvalue weighted by molar-refractivity contribution is 7.99. The van der Waals surface area contributed by atoms with Gasteiger partial charge in [-0.2, -0.15) is 11.8 Å². The number of thioether (sulfide) groups is 1. The van der Waals surface area contributed by atoms with Crippen LogP contribution in [0.25, 0.3) is 11.1 Å². The van der Waals surface area contributed by atoms with Gasteiger partial charge >= 0.3 is 6.03 Å². The highest BCUT2D eigenvalue weighted by Gasteiger charge is 2.41. The lowest BCUT2D eigenvalue weighted by Gasteiger charge is -2.36. The minimum Gasteiger partial charge on any atom is -0.323 e. The van der Waals surface area contributed by atoms with E-state index < -0.39 is 33.3 Å². The average Bonchev–Trinajstić information content (AvgIpc) is 2.86. The molecule has 0 bridgehead atoms. The van der Waals surface area contributed by atoms with E-state index in [1.807, 2.05) is 0 Å². The summed E-state index contributed by atoms with van der Waals surface area (Å²) in [5, 5.41) is 13.9. The number of urea groups is 1. The predicted octanol–water partition coefficient (Wildman–Crippen LogP) is 4.82. The lowest BCUT2D eigenvalue weighted by molar-refractivity contribution is -0.122. The Morgan fingerprint density at radius 1 is 0.973 bits per heavy atom. The summed E-state index contributed by atoms with van der Waals surface area (Å²) in [6.45, 7) is 0. The molecule has 1 fully saturated rings. The van der Waals surface area contributed by atoms with Crippen LogP contribution < -0.4 is 21.1 Å². The maximum Gasteiger partial charge on any atom is 0.320 e. The Morgan fingerprint density at radius 2 is 1.65 bits per heavy atom. The number of halogens is 2. The predicted molar refractivity (Wildman–Crippen MR) is 145 cm³/mol. The van der Waals surface area contributed by atoms with Gasteiger partial charge in [-0.25, -0.2) is 22.7 Å². The van der Waals surface area contributed by atoms with Crippen LogP contribution >= 0.6 is 23.4 Å². The zero-order valence-corrected chi connectivity index (χ0v) is 21.9. The molecule has 8 nitrogen and oxygen atoms in total. The van der Waals surface area contributed by atoms with Crippen LogP contribution in [0.1, 0.15) is 12.8 Å². The molecule has 5 N–H and O–H groups in total. The van der Waals surface area contributed by atoms with Crippen molar-refractivity contribution in [2.75, 3.05) is 22.1 Å². The summed E-state index contributed by atoms with van der Waals surface area (Å²) >= 11 is 7.54. The van der Waals surface area contributed by atoms with Crippen molar-refractivity contribution in [1.82, 2.24) is 5.32 Å². The molecule has 37 heavy (non-hydrogen) atoms. The standard InChI is InChI=1S/C25H24ClFN4O4S2/c26-17-6-8-18(9-7-17)29-24(33)31-25(11-13-36-14-12-25)23(32)30-21-10-5-16(15-20(21)27)19-3-1-2-4-22(19)37(28,34)35/h1-10,15H,11-14H2,(H,30,32)(H2,28,34,35)(H2,29,31,33). The maximum atomic E-state index is 15.1. The molecule has 1 aliphatic heterocycles. The molecule has 3 aromatic carbocycles. The second kappa shape index (κ2) is 11.1. The molecule has 1 saturated heterocycles. The van der Waals surface area contributed by atoms with Gasteiger partial charge in [0.05, 0.1) is 10.6 Å². The summed E-state index contributed by atoms with van der Waals surface area (Å²) in [5.74, 6) is -0.0300. The number of rotatable bonds is 6. The van der Waals surface area contributed by atoms with E-state index in [9.17, 15) is 18.0 Å². The summed E-state index contributed by atoms with van der Waals surface area (Å²) in [5.41, 5.74) is -0.316. The first-order valence-electron chi connectivity index (χ1n) is 11.2. The molecule has 0 spiro atoms. The Morgan fingerprint density at radius 3 is 2.30 bits per heavy atom. The third-order valence-electron chi connectivity index (χ3n) is 5.96. The van der Waals surface area contributed by atoms with E-state index >= 15 is 4.39 Å². The molecule has 0 atom stereocenters. The maximum absolute atomic E-state index is 15.1. The van der Waals surface area contributed by atoms with E-state index in [-0.39, 0.29) is 21.7 Å². The van der Waals surface area contributed by atoms with Crippen LogP contribution in [0.4, 0.5) is 20.6 Å². The minimum absolute atomic E-state index is 0.0978. The van der Waals surface area contributed by atoms with E-state index in [0.29, 0.717) is 35.1 Å². The van der Waals surface area contributed by atoms with Crippen LogP contribution in [0.5, 0.6) is 0 Å². The average molecular weight is 563 g/mol. The van der Waals surface area contributed by atoms with Crippen LogP contribution in [-0.2, 0) is 14.8 Å². The molecular formula is C25H24ClFN4O4S2. The number of hydrogen-bond acceptors (Lipinski definition) is 5. The Kier molecular flexibility index (Phi) is 8.08. The number of primary sulfonamides is 1. The number of amides is 3. The first-order chi connectivity index (χ1) is 17.6. The van der Waals surface area contributed by atoms with Crippen molar-refractivity contribution in [1.29, 1.82) is 0 Å². The van der Waals surface area contributed by atoms with Gasteiger partial charge in [-0.1, -0.05) is 35.9 Å². The molecule has 0 unspecified atom stereocenters. The number of carbonyl (C=O) groups excluding carboxylic acids is 2. The van der Waals surface area contributed by atoms with Crippen molar-refractivity contribution < 1.29 is 22.4 Å². The van der Waals surface area contributed by atoms with Crippen molar-refractivity contribution in [2.45, 2.75) is 23.3 Å². The number of sulfonamides is 1. The first kappa shape index (κ1) is 26.9.